The standard InChI is InChI=1S/C18H17FN4O/c1-24-16-8-3-2-5-13(16)12-21-17-9-10-20-18(23-17)22-15-7-4-6-14(19)11-15/h2-11H,12H2,1H3,(H2,20,21,22,23). The second-order valence-corrected chi connectivity index (χ2v) is 5.07. The number of nitrogens with one attached hydrogen (secondary N) is 2. The lowest BCUT2D eigenvalue weighted by molar-refractivity contribution is 0.410. The molecule has 0 saturated carbocycles. The van der Waals surface area contributed by atoms with Crippen LogP contribution in [0.1, 0.15) is 5.56 Å². The molecule has 2 aromatic carbocycles. The summed E-state index contributed by atoms with van der Waals surface area (Å²) in [4.78, 5) is 8.52. The summed E-state index contributed by atoms with van der Waals surface area (Å²) in [5, 5.41) is 6.21. The van der Waals surface area contributed by atoms with E-state index in [9.17, 15) is 4.39 Å². The highest BCUT2D eigenvalue weighted by atomic mass is 19.1. The van der Waals surface area contributed by atoms with Gasteiger partial charge in [0, 0.05) is 24.0 Å². The quantitative estimate of drug-likeness (QED) is 0.718. The van der Waals surface area contributed by atoms with Gasteiger partial charge >= 0.3 is 0 Å². The molecule has 3 aromatic rings. The van der Waals surface area contributed by atoms with Crippen LogP contribution in [0.3, 0.4) is 0 Å². The Labute approximate surface area is 139 Å². The zero-order valence-corrected chi connectivity index (χ0v) is 13.2. The Balaban J connectivity index is 1.69. The van der Waals surface area contributed by atoms with Gasteiger partial charge < -0.3 is 15.4 Å². The largest absolute Gasteiger partial charge is 0.496 e. The Hall–Kier alpha value is -3.15. The van der Waals surface area contributed by atoms with E-state index >= 15 is 0 Å². The molecular weight excluding hydrogens is 307 g/mol. The number of benzene rings is 2. The number of methoxy groups -OCH3 is 1. The molecule has 6 heteroatoms. The van der Waals surface area contributed by atoms with Gasteiger partial charge in [-0.15, -0.1) is 0 Å². The monoisotopic (exact) mass is 324 g/mol. The maximum absolute atomic E-state index is 13.2. The molecule has 3 rings (SSSR count). The van der Waals surface area contributed by atoms with Gasteiger partial charge in [-0.05, 0) is 30.3 Å². The van der Waals surface area contributed by atoms with E-state index in [0.717, 1.165) is 11.3 Å². The molecule has 0 atom stereocenters. The van der Waals surface area contributed by atoms with Crippen molar-refractivity contribution in [2.75, 3.05) is 17.7 Å². The van der Waals surface area contributed by atoms with Crippen molar-refractivity contribution in [3.8, 4) is 5.75 Å². The molecule has 24 heavy (non-hydrogen) atoms. The van der Waals surface area contributed by atoms with Crippen LogP contribution in [-0.4, -0.2) is 17.1 Å². The fraction of sp³-hybridized carbons (Fsp3) is 0.111. The number of halogens is 1. The molecule has 5 nitrogen and oxygen atoms in total. The van der Waals surface area contributed by atoms with Gasteiger partial charge in [0.25, 0.3) is 0 Å². The van der Waals surface area contributed by atoms with E-state index in [0.29, 0.717) is 24.0 Å². The van der Waals surface area contributed by atoms with Gasteiger partial charge in [0.15, 0.2) is 0 Å². The third kappa shape index (κ3) is 3.98. The second kappa shape index (κ2) is 7.41. The number of aromatic nitrogens is 2. The molecule has 2 N–H and O–H groups in total. The predicted octanol–water partition coefficient (Wildman–Crippen LogP) is 3.98. The molecule has 0 aliphatic carbocycles. The lowest BCUT2D eigenvalue weighted by Gasteiger charge is -2.11. The SMILES string of the molecule is COc1ccccc1CNc1ccnc(Nc2cccc(F)c2)n1. The van der Waals surface area contributed by atoms with Crippen molar-refractivity contribution in [2.45, 2.75) is 6.54 Å². The Morgan fingerprint density at radius 1 is 1.08 bits per heavy atom. The molecule has 1 heterocycles. The maximum atomic E-state index is 13.2. The highest BCUT2D eigenvalue weighted by Crippen LogP contribution is 2.19. The lowest BCUT2D eigenvalue weighted by Crippen LogP contribution is -2.05. The first-order chi connectivity index (χ1) is 11.7. The third-order valence-corrected chi connectivity index (χ3v) is 3.39. The van der Waals surface area contributed by atoms with Gasteiger partial charge in [0.1, 0.15) is 17.4 Å². The summed E-state index contributed by atoms with van der Waals surface area (Å²) in [7, 11) is 1.64. The highest BCUT2D eigenvalue weighted by molar-refractivity contribution is 5.54. The molecule has 0 unspecified atom stereocenters. The van der Waals surface area contributed by atoms with Crippen molar-refractivity contribution >= 4 is 17.5 Å². The summed E-state index contributed by atoms with van der Waals surface area (Å²) in [6.07, 6.45) is 1.64. The van der Waals surface area contributed by atoms with Crippen LogP contribution < -0.4 is 15.4 Å². The van der Waals surface area contributed by atoms with Gasteiger partial charge in [-0.3, -0.25) is 0 Å². The van der Waals surface area contributed by atoms with E-state index in [1.807, 2.05) is 24.3 Å². The Morgan fingerprint density at radius 2 is 1.96 bits per heavy atom. The van der Waals surface area contributed by atoms with E-state index in [4.69, 9.17) is 4.74 Å². The molecule has 0 radical (unpaired) electrons. The van der Waals surface area contributed by atoms with E-state index in [1.54, 1.807) is 31.5 Å². The van der Waals surface area contributed by atoms with E-state index in [2.05, 4.69) is 20.6 Å². The van der Waals surface area contributed by atoms with Crippen LogP contribution in [0.2, 0.25) is 0 Å². The van der Waals surface area contributed by atoms with Crippen molar-refractivity contribution in [1.29, 1.82) is 0 Å². The number of hydrogen-bond donors (Lipinski definition) is 2. The molecule has 0 saturated heterocycles. The van der Waals surface area contributed by atoms with Crippen LogP contribution in [0.5, 0.6) is 5.75 Å². The summed E-state index contributed by atoms with van der Waals surface area (Å²) < 4.78 is 18.6. The van der Waals surface area contributed by atoms with E-state index < -0.39 is 0 Å². The maximum Gasteiger partial charge on any atom is 0.229 e. The van der Waals surface area contributed by atoms with Crippen molar-refractivity contribution in [3.05, 3.63) is 72.2 Å². The first kappa shape index (κ1) is 15.7. The molecular formula is C18H17FN4O. The summed E-state index contributed by atoms with van der Waals surface area (Å²) in [6.45, 7) is 0.570. The number of ether oxygens (including phenoxy) is 1. The second-order valence-electron chi connectivity index (χ2n) is 5.07. The molecule has 0 bridgehead atoms. The van der Waals surface area contributed by atoms with E-state index in [-0.39, 0.29) is 5.82 Å². The normalized spacial score (nSPS) is 10.2. The van der Waals surface area contributed by atoms with Crippen molar-refractivity contribution in [1.82, 2.24) is 9.97 Å². The zero-order chi connectivity index (χ0) is 16.8. The first-order valence-corrected chi connectivity index (χ1v) is 7.46. The first-order valence-electron chi connectivity index (χ1n) is 7.46. The van der Waals surface area contributed by atoms with Crippen LogP contribution in [0, 0.1) is 5.82 Å². The molecule has 0 fully saturated rings. The molecule has 0 spiro atoms. The number of para-hydroxylation sites is 1. The fourth-order valence-corrected chi connectivity index (χ4v) is 2.25. The molecule has 0 amide bonds. The van der Waals surface area contributed by atoms with Gasteiger partial charge in [0.05, 0.1) is 7.11 Å². The molecule has 122 valence electrons. The number of anilines is 3. The smallest absolute Gasteiger partial charge is 0.229 e. The number of rotatable bonds is 6. The highest BCUT2D eigenvalue weighted by Gasteiger charge is 2.04. The minimum absolute atomic E-state index is 0.314. The Kier molecular flexibility index (Phi) is 4.86. The molecule has 0 aliphatic heterocycles. The van der Waals surface area contributed by atoms with Crippen molar-refractivity contribution < 1.29 is 9.13 Å². The van der Waals surface area contributed by atoms with Gasteiger partial charge in [-0.1, -0.05) is 24.3 Å². The molecule has 0 aliphatic rings. The summed E-state index contributed by atoms with van der Waals surface area (Å²) in [6, 6.07) is 15.7. The van der Waals surface area contributed by atoms with Crippen LogP contribution in [0.25, 0.3) is 0 Å². The average Bonchev–Trinajstić information content (AvgIpc) is 2.60. The minimum atomic E-state index is -0.314. The van der Waals surface area contributed by atoms with Crippen molar-refractivity contribution in [2.24, 2.45) is 0 Å². The summed E-state index contributed by atoms with van der Waals surface area (Å²) in [5.74, 6) is 1.56. The lowest BCUT2D eigenvalue weighted by atomic mass is 10.2. The number of hydrogen-bond acceptors (Lipinski definition) is 5. The Bertz CT molecular complexity index is 825. The van der Waals surface area contributed by atoms with Crippen LogP contribution in [-0.2, 0) is 6.54 Å². The topological polar surface area (TPSA) is 59.1 Å². The van der Waals surface area contributed by atoms with Crippen LogP contribution >= 0.6 is 0 Å². The van der Waals surface area contributed by atoms with Crippen LogP contribution in [0.15, 0.2) is 60.8 Å². The number of nitrogens with zero attached hydrogens (tertiary/aromatic N) is 2. The Morgan fingerprint density at radius 3 is 2.79 bits per heavy atom. The van der Waals surface area contributed by atoms with Gasteiger partial charge in [0.2, 0.25) is 5.95 Å². The van der Waals surface area contributed by atoms with Gasteiger partial charge in [-0.2, -0.15) is 4.98 Å². The zero-order valence-electron chi connectivity index (χ0n) is 13.2. The predicted molar refractivity (Wildman–Crippen MR) is 92.0 cm³/mol. The fourth-order valence-electron chi connectivity index (χ4n) is 2.25. The average molecular weight is 324 g/mol. The van der Waals surface area contributed by atoms with Crippen LogP contribution in [0.4, 0.5) is 21.8 Å². The third-order valence-electron chi connectivity index (χ3n) is 3.39. The van der Waals surface area contributed by atoms with Crippen molar-refractivity contribution in [3.63, 3.8) is 0 Å². The minimum Gasteiger partial charge on any atom is -0.496 e. The molecule has 1 aromatic heterocycles. The summed E-state index contributed by atoms with van der Waals surface area (Å²) >= 11 is 0. The van der Waals surface area contributed by atoms with E-state index in [1.165, 1.54) is 12.1 Å². The summed E-state index contributed by atoms with van der Waals surface area (Å²) in [5.41, 5.74) is 1.62. The van der Waals surface area contributed by atoms with Gasteiger partial charge in [-0.25, -0.2) is 9.37 Å².